The minimum atomic E-state index is 0.451. The Hall–Kier alpha value is -3.35. The van der Waals surface area contributed by atoms with Gasteiger partial charge in [0.2, 0.25) is 5.75 Å². The summed E-state index contributed by atoms with van der Waals surface area (Å²) >= 11 is 0. The van der Waals surface area contributed by atoms with Gasteiger partial charge in [0.25, 0.3) is 0 Å². The van der Waals surface area contributed by atoms with Crippen molar-refractivity contribution in [2.24, 2.45) is 4.99 Å². The molecule has 0 amide bonds. The molecule has 154 valence electrons. The number of fused-ring (bicyclic) bond motifs is 1. The Labute approximate surface area is 170 Å². The number of para-hydroxylation sites is 1. The molecule has 0 radical (unpaired) electrons. The van der Waals surface area contributed by atoms with Crippen molar-refractivity contribution < 1.29 is 18.6 Å². The van der Waals surface area contributed by atoms with E-state index < -0.39 is 0 Å². The van der Waals surface area contributed by atoms with Crippen molar-refractivity contribution >= 4 is 16.9 Å². The molecule has 0 aliphatic carbocycles. The van der Waals surface area contributed by atoms with Crippen molar-refractivity contribution in [3.8, 4) is 17.2 Å². The van der Waals surface area contributed by atoms with Gasteiger partial charge in [-0.1, -0.05) is 18.2 Å². The smallest absolute Gasteiger partial charge is 0.203 e. The van der Waals surface area contributed by atoms with Crippen molar-refractivity contribution in [1.82, 2.24) is 10.6 Å². The molecule has 0 saturated heterocycles. The van der Waals surface area contributed by atoms with E-state index in [1.807, 2.05) is 49.4 Å². The summed E-state index contributed by atoms with van der Waals surface area (Å²) in [6, 6.07) is 13.8. The van der Waals surface area contributed by atoms with Crippen LogP contribution >= 0.6 is 0 Å². The highest BCUT2D eigenvalue weighted by Gasteiger charge is 2.13. The van der Waals surface area contributed by atoms with E-state index in [1.54, 1.807) is 21.3 Å². The molecule has 0 aliphatic heterocycles. The highest BCUT2D eigenvalue weighted by atomic mass is 16.5. The number of guanidine groups is 1. The summed E-state index contributed by atoms with van der Waals surface area (Å²) in [7, 11) is 4.79. The number of hydrogen-bond donors (Lipinski definition) is 2. The van der Waals surface area contributed by atoms with Gasteiger partial charge in [-0.3, -0.25) is 0 Å². The predicted octanol–water partition coefficient (Wildman–Crippen LogP) is 3.71. The lowest BCUT2D eigenvalue weighted by Crippen LogP contribution is -2.36. The first-order valence-corrected chi connectivity index (χ1v) is 9.47. The summed E-state index contributed by atoms with van der Waals surface area (Å²) in [4.78, 5) is 4.66. The minimum Gasteiger partial charge on any atom is -0.493 e. The zero-order chi connectivity index (χ0) is 20.6. The molecule has 0 bridgehead atoms. The van der Waals surface area contributed by atoms with Crippen LogP contribution in [0.3, 0.4) is 0 Å². The Morgan fingerprint density at radius 3 is 2.31 bits per heavy atom. The van der Waals surface area contributed by atoms with Gasteiger partial charge in [0.05, 0.1) is 34.4 Å². The second-order valence-corrected chi connectivity index (χ2v) is 6.33. The molecule has 3 rings (SSSR count). The molecule has 2 N–H and O–H groups in total. The molecule has 29 heavy (non-hydrogen) atoms. The Morgan fingerprint density at radius 1 is 0.966 bits per heavy atom. The van der Waals surface area contributed by atoms with E-state index in [0.29, 0.717) is 36.3 Å². The Bertz CT molecular complexity index is 923. The largest absolute Gasteiger partial charge is 0.493 e. The lowest BCUT2D eigenvalue weighted by molar-refractivity contribution is 0.324. The molecule has 2 aromatic carbocycles. The van der Waals surface area contributed by atoms with Crippen LogP contribution in [0.4, 0.5) is 0 Å². The first-order valence-electron chi connectivity index (χ1n) is 9.47. The summed E-state index contributed by atoms with van der Waals surface area (Å²) in [5, 5.41) is 7.64. The fraction of sp³-hybridized carbons (Fsp3) is 0.318. The van der Waals surface area contributed by atoms with Crippen LogP contribution in [0.15, 0.2) is 51.9 Å². The third-order valence-corrected chi connectivity index (χ3v) is 4.40. The van der Waals surface area contributed by atoms with Crippen LogP contribution in [0.2, 0.25) is 0 Å². The van der Waals surface area contributed by atoms with Gasteiger partial charge in [-0.2, -0.15) is 0 Å². The summed E-state index contributed by atoms with van der Waals surface area (Å²) in [5.74, 6) is 3.33. The number of rotatable bonds is 8. The molecule has 3 aromatic rings. The molecule has 7 nitrogen and oxygen atoms in total. The van der Waals surface area contributed by atoms with Gasteiger partial charge in [0.1, 0.15) is 11.3 Å². The highest BCUT2D eigenvalue weighted by molar-refractivity contribution is 5.80. The molecule has 0 saturated carbocycles. The van der Waals surface area contributed by atoms with Crippen molar-refractivity contribution in [3.05, 3.63) is 53.8 Å². The third-order valence-electron chi connectivity index (χ3n) is 4.40. The molecule has 1 heterocycles. The van der Waals surface area contributed by atoms with Crippen LogP contribution in [-0.2, 0) is 13.1 Å². The fourth-order valence-corrected chi connectivity index (χ4v) is 3.03. The second kappa shape index (κ2) is 9.73. The van der Waals surface area contributed by atoms with E-state index >= 15 is 0 Å². The topological polar surface area (TPSA) is 77.3 Å². The van der Waals surface area contributed by atoms with Crippen molar-refractivity contribution in [3.63, 3.8) is 0 Å². The zero-order valence-corrected chi connectivity index (χ0v) is 17.2. The van der Waals surface area contributed by atoms with Crippen LogP contribution in [-0.4, -0.2) is 33.8 Å². The van der Waals surface area contributed by atoms with Crippen LogP contribution < -0.4 is 24.8 Å². The number of nitrogens with one attached hydrogen (secondary N) is 2. The molecule has 0 spiro atoms. The SMILES string of the molecule is CCNC(=NCc1cc(OC)c(OC)c(OC)c1)NCc1cc2ccccc2o1. The van der Waals surface area contributed by atoms with Gasteiger partial charge in [-0.05, 0) is 36.8 Å². The van der Waals surface area contributed by atoms with Gasteiger partial charge in [0.15, 0.2) is 17.5 Å². The number of aliphatic imine (C=N–C) groups is 1. The molecular formula is C22H27N3O4. The quantitative estimate of drug-likeness (QED) is 0.446. The number of furan rings is 1. The van der Waals surface area contributed by atoms with Crippen molar-refractivity contribution in [1.29, 1.82) is 0 Å². The Morgan fingerprint density at radius 2 is 1.69 bits per heavy atom. The monoisotopic (exact) mass is 397 g/mol. The number of benzene rings is 2. The van der Waals surface area contributed by atoms with Crippen molar-refractivity contribution in [2.45, 2.75) is 20.0 Å². The first-order chi connectivity index (χ1) is 14.2. The van der Waals surface area contributed by atoms with Crippen LogP contribution in [0.1, 0.15) is 18.2 Å². The standard InChI is InChI=1S/C22H27N3O4/c1-5-23-22(25-14-17-12-16-8-6-7-9-18(16)29-17)24-13-15-10-19(26-2)21(28-4)20(11-15)27-3/h6-12H,5,13-14H2,1-4H3,(H2,23,24,25). The summed E-state index contributed by atoms with van der Waals surface area (Å²) in [5.41, 5.74) is 1.82. The van der Waals surface area contributed by atoms with Gasteiger partial charge in [0, 0.05) is 11.9 Å². The molecule has 0 aliphatic rings. The first kappa shape index (κ1) is 20.4. The van der Waals surface area contributed by atoms with Crippen LogP contribution in [0, 0.1) is 0 Å². The number of nitrogens with zero attached hydrogens (tertiary/aromatic N) is 1. The Balaban J connectivity index is 1.73. The zero-order valence-electron chi connectivity index (χ0n) is 17.2. The second-order valence-electron chi connectivity index (χ2n) is 6.33. The van der Waals surface area contributed by atoms with Gasteiger partial charge in [-0.25, -0.2) is 4.99 Å². The predicted molar refractivity (Wildman–Crippen MR) is 114 cm³/mol. The van der Waals surface area contributed by atoms with Gasteiger partial charge in [-0.15, -0.1) is 0 Å². The van der Waals surface area contributed by atoms with E-state index in [0.717, 1.165) is 28.8 Å². The van der Waals surface area contributed by atoms with Crippen LogP contribution in [0.25, 0.3) is 11.0 Å². The lowest BCUT2D eigenvalue weighted by Gasteiger charge is -2.14. The van der Waals surface area contributed by atoms with E-state index in [4.69, 9.17) is 18.6 Å². The van der Waals surface area contributed by atoms with E-state index in [1.165, 1.54) is 0 Å². The van der Waals surface area contributed by atoms with Gasteiger partial charge < -0.3 is 29.3 Å². The fourth-order valence-electron chi connectivity index (χ4n) is 3.03. The van der Waals surface area contributed by atoms with E-state index in [2.05, 4.69) is 15.6 Å². The summed E-state index contributed by atoms with van der Waals surface area (Å²) in [6.07, 6.45) is 0. The molecular weight excluding hydrogens is 370 g/mol. The van der Waals surface area contributed by atoms with E-state index in [9.17, 15) is 0 Å². The summed E-state index contributed by atoms with van der Waals surface area (Å²) < 4.78 is 22.0. The molecule has 0 atom stereocenters. The number of methoxy groups -OCH3 is 3. The number of ether oxygens (including phenoxy) is 3. The Kier molecular flexibility index (Phi) is 6.84. The average molecular weight is 397 g/mol. The summed E-state index contributed by atoms with van der Waals surface area (Å²) in [6.45, 7) is 3.76. The maximum Gasteiger partial charge on any atom is 0.203 e. The van der Waals surface area contributed by atoms with Gasteiger partial charge >= 0.3 is 0 Å². The molecule has 0 fully saturated rings. The van der Waals surface area contributed by atoms with Crippen molar-refractivity contribution in [2.75, 3.05) is 27.9 Å². The van der Waals surface area contributed by atoms with Crippen LogP contribution in [0.5, 0.6) is 17.2 Å². The maximum atomic E-state index is 5.85. The highest BCUT2D eigenvalue weighted by Crippen LogP contribution is 2.38. The third kappa shape index (κ3) is 4.93. The molecule has 0 unspecified atom stereocenters. The molecule has 7 heteroatoms. The average Bonchev–Trinajstić information content (AvgIpc) is 3.17. The van der Waals surface area contributed by atoms with E-state index in [-0.39, 0.29) is 0 Å². The normalized spacial score (nSPS) is 11.4. The molecule has 1 aromatic heterocycles. The number of hydrogen-bond acceptors (Lipinski definition) is 5. The maximum absolute atomic E-state index is 5.85. The minimum absolute atomic E-state index is 0.451. The lowest BCUT2D eigenvalue weighted by atomic mass is 10.2.